The number of oxazole rings is 1. The maximum absolute atomic E-state index is 13.7. The highest BCUT2D eigenvalue weighted by Gasteiger charge is 2.14. The highest BCUT2D eigenvalue weighted by molar-refractivity contribution is 5.55. The molecule has 0 aliphatic heterocycles. The minimum Gasteiger partial charge on any atom is -0.444 e. The highest BCUT2D eigenvalue weighted by Crippen LogP contribution is 2.24. The number of aryl methyl sites for hydroxylation is 1. The van der Waals surface area contributed by atoms with Crippen LogP contribution >= 0.6 is 0 Å². The predicted octanol–water partition coefficient (Wildman–Crippen LogP) is 3.43. The van der Waals surface area contributed by atoms with Crippen LogP contribution in [0, 0.1) is 18.6 Å². The SMILES string of the molecule is Cc1cc(-c2nc(CNC(C)C)co2)c(F)cc1F. The second kappa shape index (κ2) is 5.48. The lowest BCUT2D eigenvalue weighted by molar-refractivity contribution is 0.547. The first-order chi connectivity index (χ1) is 8.97. The van der Waals surface area contributed by atoms with E-state index in [-0.39, 0.29) is 11.5 Å². The van der Waals surface area contributed by atoms with Crippen LogP contribution in [0.1, 0.15) is 25.1 Å². The molecule has 0 spiro atoms. The molecular formula is C14H16F2N2O. The van der Waals surface area contributed by atoms with Crippen molar-refractivity contribution in [2.45, 2.75) is 33.4 Å². The van der Waals surface area contributed by atoms with E-state index in [2.05, 4.69) is 10.3 Å². The minimum atomic E-state index is -0.673. The molecule has 19 heavy (non-hydrogen) atoms. The van der Waals surface area contributed by atoms with Crippen molar-refractivity contribution in [3.05, 3.63) is 41.3 Å². The van der Waals surface area contributed by atoms with Gasteiger partial charge in [-0.25, -0.2) is 13.8 Å². The Bertz CT molecular complexity index is 579. The van der Waals surface area contributed by atoms with Crippen molar-refractivity contribution >= 4 is 0 Å². The van der Waals surface area contributed by atoms with E-state index < -0.39 is 11.6 Å². The van der Waals surface area contributed by atoms with E-state index in [0.717, 1.165) is 6.07 Å². The summed E-state index contributed by atoms with van der Waals surface area (Å²) < 4.78 is 32.1. The van der Waals surface area contributed by atoms with Gasteiger partial charge in [-0.2, -0.15) is 0 Å². The Hall–Kier alpha value is -1.75. The highest BCUT2D eigenvalue weighted by atomic mass is 19.1. The average Bonchev–Trinajstić information content (AvgIpc) is 2.80. The van der Waals surface area contributed by atoms with Crippen LogP contribution in [0.3, 0.4) is 0 Å². The van der Waals surface area contributed by atoms with Crippen molar-refractivity contribution in [2.75, 3.05) is 0 Å². The van der Waals surface area contributed by atoms with Gasteiger partial charge in [-0.05, 0) is 18.6 Å². The zero-order chi connectivity index (χ0) is 14.0. The van der Waals surface area contributed by atoms with Gasteiger partial charge in [0.2, 0.25) is 5.89 Å². The number of benzene rings is 1. The first kappa shape index (κ1) is 13.7. The molecule has 0 amide bonds. The number of nitrogens with zero attached hydrogens (tertiary/aromatic N) is 1. The molecule has 5 heteroatoms. The van der Waals surface area contributed by atoms with Gasteiger partial charge >= 0.3 is 0 Å². The van der Waals surface area contributed by atoms with Crippen LogP contribution in [0.4, 0.5) is 8.78 Å². The van der Waals surface area contributed by atoms with Crippen LogP contribution in [-0.4, -0.2) is 11.0 Å². The Kier molecular flexibility index (Phi) is 3.95. The van der Waals surface area contributed by atoms with E-state index >= 15 is 0 Å². The van der Waals surface area contributed by atoms with Gasteiger partial charge in [-0.15, -0.1) is 0 Å². The van der Waals surface area contributed by atoms with E-state index in [4.69, 9.17) is 4.42 Å². The van der Waals surface area contributed by atoms with Crippen molar-refractivity contribution in [1.29, 1.82) is 0 Å². The molecule has 1 aromatic heterocycles. The Balaban J connectivity index is 2.25. The van der Waals surface area contributed by atoms with Crippen molar-refractivity contribution < 1.29 is 13.2 Å². The molecule has 3 nitrogen and oxygen atoms in total. The number of aromatic nitrogens is 1. The third-order valence-corrected chi connectivity index (χ3v) is 2.72. The van der Waals surface area contributed by atoms with E-state index in [1.807, 2.05) is 13.8 Å². The summed E-state index contributed by atoms with van der Waals surface area (Å²) in [6.45, 7) is 6.15. The molecule has 1 aromatic carbocycles. The maximum Gasteiger partial charge on any atom is 0.229 e. The van der Waals surface area contributed by atoms with E-state index in [1.165, 1.54) is 12.3 Å². The summed E-state index contributed by atoms with van der Waals surface area (Å²) in [5, 5.41) is 3.19. The second-order valence-electron chi connectivity index (χ2n) is 4.76. The first-order valence-electron chi connectivity index (χ1n) is 6.11. The fourth-order valence-electron chi connectivity index (χ4n) is 1.64. The number of hydrogen-bond acceptors (Lipinski definition) is 3. The zero-order valence-corrected chi connectivity index (χ0v) is 11.1. The van der Waals surface area contributed by atoms with Gasteiger partial charge in [0, 0.05) is 18.7 Å². The molecule has 2 rings (SSSR count). The van der Waals surface area contributed by atoms with Gasteiger partial charge in [-0.1, -0.05) is 13.8 Å². The summed E-state index contributed by atoms with van der Waals surface area (Å²) in [6.07, 6.45) is 1.48. The standard InChI is InChI=1S/C14H16F2N2O/c1-8(2)17-6-10-7-19-14(18-10)11-4-9(3)12(15)5-13(11)16/h4-5,7-8,17H,6H2,1-3H3. The summed E-state index contributed by atoms with van der Waals surface area (Å²) >= 11 is 0. The summed E-state index contributed by atoms with van der Waals surface area (Å²) in [6, 6.07) is 2.57. The molecule has 0 saturated heterocycles. The molecule has 1 heterocycles. The minimum absolute atomic E-state index is 0.168. The van der Waals surface area contributed by atoms with Crippen LogP contribution in [-0.2, 0) is 6.54 Å². The number of nitrogens with one attached hydrogen (secondary N) is 1. The number of hydrogen-bond donors (Lipinski definition) is 1. The third kappa shape index (κ3) is 3.17. The van der Waals surface area contributed by atoms with E-state index in [0.29, 0.717) is 23.8 Å². The van der Waals surface area contributed by atoms with Crippen molar-refractivity contribution in [2.24, 2.45) is 0 Å². The van der Waals surface area contributed by atoms with E-state index in [9.17, 15) is 8.78 Å². The molecular weight excluding hydrogens is 250 g/mol. The molecule has 0 aliphatic rings. The summed E-state index contributed by atoms with van der Waals surface area (Å²) in [5.41, 5.74) is 1.22. The molecule has 0 bridgehead atoms. The molecule has 0 atom stereocenters. The molecule has 0 unspecified atom stereocenters. The Labute approximate surface area is 110 Å². The molecule has 1 N–H and O–H groups in total. The average molecular weight is 266 g/mol. The van der Waals surface area contributed by atoms with Gasteiger partial charge in [0.1, 0.15) is 17.9 Å². The Morgan fingerprint density at radius 3 is 2.68 bits per heavy atom. The van der Waals surface area contributed by atoms with Crippen molar-refractivity contribution in [1.82, 2.24) is 10.3 Å². The van der Waals surface area contributed by atoms with Crippen LogP contribution in [0.25, 0.3) is 11.5 Å². The van der Waals surface area contributed by atoms with Gasteiger partial charge in [0.15, 0.2) is 0 Å². The zero-order valence-electron chi connectivity index (χ0n) is 11.1. The summed E-state index contributed by atoms with van der Waals surface area (Å²) in [4.78, 5) is 4.19. The monoisotopic (exact) mass is 266 g/mol. The van der Waals surface area contributed by atoms with E-state index in [1.54, 1.807) is 6.92 Å². The quantitative estimate of drug-likeness (QED) is 0.921. The van der Waals surface area contributed by atoms with Crippen molar-refractivity contribution in [3.8, 4) is 11.5 Å². The van der Waals surface area contributed by atoms with Crippen molar-refractivity contribution in [3.63, 3.8) is 0 Å². The third-order valence-electron chi connectivity index (χ3n) is 2.72. The molecule has 0 radical (unpaired) electrons. The van der Waals surface area contributed by atoms with Gasteiger partial charge in [-0.3, -0.25) is 0 Å². The maximum atomic E-state index is 13.7. The molecule has 0 fully saturated rings. The Morgan fingerprint density at radius 1 is 1.26 bits per heavy atom. The lowest BCUT2D eigenvalue weighted by Crippen LogP contribution is -2.21. The first-order valence-corrected chi connectivity index (χ1v) is 6.11. The second-order valence-corrected chi connectivity index (χ2v) is 4.76. The van der Waals surface area contributed by atoms with Crippen LogP contribution in [0.5, 0.6) is 0 Å². The van der Waals surface area contributed by atoms with Gasteiger partial charge < -0.3 is 9.73 Å². The summed E-state index contributed by atoms with van der Waals surface area (Å²) in [7, 11) is 0. The smallest absolute Gasteiger partial charge is 0.229 e. The predicted molar refractivity (Wildman–Crippen MR) is 68.6 cm³/mol. The Morgan fingerprint density at radius 2 is 2.00 bits per heavy atom. The molecule has 2 aromatic rings. The van der Waals surface area contributed by atoms with Crippen LogP contribution < -0.4 is 5.32 Å². The van der Waals surface area contributed by atoms with Gasteiger partial charge in [0.25, 0.3) is 0 Å². The van der Waals surface area contributed by atoms with Crippen LogP contribution in [0.15, 0.2) is 22.8 Å². The lowest BCUT2D eigenvalue weighted by Gasteiger charge is -2.04. The number of rotatable bonds is 4. The summed E-state index contributed by atoms with van der Waals surface area (Å²) in [5.74, 6) is -1.08. The topological polar surface area (TPSA) is 38.1 Å². The molecule has 0 saturated carbocycles. The fraction of sp³-hybridized carbons (Fsp3) is 0.357. The normalized spacial score (nSPS) is 11.3. The largest absolute Gasteiger partial charge is 0.444 e. The number of halogens is 2. The molecule has 0 aliphatic carbocycles. The fourth-order valence-corrected chi connectivity index (χ4v) is 1.64. The van der Waals surface area contributed by atoms with Gasteiger partial charge in [0.05, 0.1) is 11.3 Å². The van der Waals surface area contributed by atoms with Crippen LogP contribution in [0.2, 0.25) is 0 Å². The molecule has 102 valence electrons. The lowest BCUT2D eigenvalue weighted by atomic mass is 10.1.